The summed E-state index contributed by atoms with van der Waals surface area (Å²) < 4.78 is 1.82. The Morgan fingerprint density at radius 2 is 1.88 bits per heavy atom. The summed E-state index contributed by atoms with van der Waals surface area (Å²) in [5.74, 6) is 0.0244. The van der Waals surface area contributed by atoms with Crippen LogP contribution in [0.25, 0.3) is 6.08 Å². The van der Waals surface area contributed by atoms with E-state index in [-0.39, 0.29) is 5.78 Å². The van der Waals surface area contributed by atoms with Crippen LogP contribution in [0, 0.1) is 0 Å². The summed E-state index contributed by atoms with van der Waals surface area (Å²) in [7, 11) is 1.86. The quantitative estimate of drug-likeness (QED) is 0.565. The first kappa shape index (κ1) is 10.4. The molecular formula is C14H13NO. The van der Waals surface area contributed by atoms with Crippen LogP contribution in [0.3, 0.4) is 0 Å². The summed E-state index contributed by atoms with van der Waals surface area (Å²) in [5.41, 5.74) is 1.73. The summed E-state index contributed by atoms with van der Waals surface area (Å²) in [4.78, 5) is 11.8. The Labute approximate surface area is 94.8 Å². The van der Waals surface area contributed by atoms with E-state index in [0.29, 0.717) is 5.69 Å². The van der Waals surface area contributed by atoms with Crippen LogP contribution in [0.2, 0.25) is 0 Å². The van der Waals surface area contributed by atoms with Crippen LogP contribution in [-0.4, -0.2) is 10.4 Å². The SMILES string of the molecule is Cn1cccc1C(=O)C=Cc1ccccc1. The number of rotatable bonds is 3. The van der Waals surface area contributed by atoms with Crippen molar-refractivity contribution < 1.29 is 4.79 Å². The van der Waals surface area contributed by atoms with Gasteiger partial charge in [-0.3, -0.25) is 4.79 Å². The Morgan fingerprint density at radius 3 is 2.50 bits per heavy atom. The molecule has 0 radical (unpaired) electrons. The molecule has 2 heteroatoms. The van der Waals surface area contributed by atoms with E-state index in [1.807, 2.05) is 66.4 Å². The van der Waals surface area contributed by atoms with E-state index in [1.54, 1.807) is 6.08 Å². The fourth-order valence-corrected chi connectivity index (χ4v) is 1.54. The van der Waals surface area contributed by atoms with Gasteiger partial charge in [0, 0.05) is 13.2 Å². The summed E-state index contributed by atoms with van der Waals surface area (Å²) >= 11 is 0. The Morgan fingerprint density at radius 1 is 1.12 bits per heavy atom. The van der Waals surface area contributed by atoms with E-state index in [9.17, 15) is 4.79 Å². The van der Waals surface area contributed by atoms with Crippen molar-refractivity contribution in [3.05, 3.63) is 66.0 Å². The number of nitrogens with zero attached hydrogens (tertiary/aromatic N) is 1. The van der Waals surface area contributed by atoms with Gasteiger partial charge in [-0.25, -0.2) is 0 Å². The van der Waals surface area contributed by atoms with Gasteiger partial charge in [0.1, 0.15) is 0 Å². The fraction of sp³-hybridized carbons (Fsp3) is 0.0714. The summed E-state index contributed by atoms with van der Waals surface area (Å²) in [5, 5.41) is 0. The third-order valence-electron chi connectivity index (χ3n) is 2.42. The van der Waals surface area contributed by atoms with Crippen molar-refractivity contribution in [1.82, 2.24) is 4.57 Å². The van der Waals surface area contributed by atoms with Crippen LogP contribution < -0.4 is 0 Å². The lowest BCUT2D eigenvalue weighted by molar-refractivity contribution is 0.104. The van der Waals surface area contributed by atoms with Crippen molar-refractivity contribution in [3.8, 4) is 0 Å². The van der Waals surface area contributed by atoms with Gasteiger partial charge in [0.25, 0.3) is 0 Å². The number of aromatic nitrogens is 1. The largest absolute Gasteiger partial charge is 0.348 e. The first-order valence-corrected chi connectivity index (χ1v) is 5.16. The van der Waals surface area contributed by atoms with Crippen LogP contribution in [0.1, 0.15) is 16.1 Å². The van der Waals surface area contributed by atoms with Crippen molar-refractivity contribution in [2.45, 2.75) is 0 Å². The van der Waals surface area contributed by atoms with Crippen LogP contribution in [-0.2, 0) is 7.05 Å². The van der Waals surface area contributed by atoms with Gasteiger partial charge in [-0.15, -0.1) is 0 Å². The number of carbonyl (C=O) groups excluding carboxylic acids is 1. The highest BCUT2D eigenvalue weighted by atomic mass is 16.1. The predicted octanol–water partition coefficient (Wildman–Crippen LogP) is 2.92. The molecule has 80 valence electrons. The molecule has 0 fully saturated rings. The molecule has 0 bridgehead atoms. The first-order chi connectivity index (χ1) is 7.77. The molecule has 0 N–H and O–H groups in total. The highest BCUT2D eigenvalue weighted by molar-refractivity contribution is 6.05. The van der Waals surface area contributed by atoms with Gasteiger partial charge in [-0.1, -0.05) is 36.4 Å². The van der Waals surface area contributed by atoms with Crippen molar-refractivity contribution >= 4 is 11.9 Å². The zero-order valence-corrected chi connectivity index (χ0v) is 9.13. The minimum atomic E-state index is 0.0244. The van der Waals surface area contributed by atoms with Gasteiger partial charge in [-0.2, -0.15) is 0 Å². The number of allylic oxidation sites excluding steroid dienone is 1. The number of ketones is 1. The average molecular weight is 211 g/mol. The lowest BCUT2D eigenvalue weighted by Crippen LogP contribution is -2.01. The van der Waals surface area contributed by atoms with E-state index >= 15 is 0 Å². The Hall–Kier alpha value is -2.09. The van der Waals surface area contributed by atoms with Crippen molar-refractivity contribution in [3.63, 3.8) is 0 Å². The Bertz CT molecular complexity index is 509. The topological polar surface area (TPSA) is 22.0 Å². The highest BCUT2D eigenvalue weighted by Gasteiger charge is 2.03. The molecule has 0 aliphatic heterocycles. The second-order valence-corrected chi connectivity index (χ2v) is 3.61. The maximum absolute atomic E-state index is 11.8. The van der Waals surface area contributed by atoms with Gasteiger partial charge < -0.3 is 4.57 Å². The van der Waals surface area contributed by atoms with Crippen molar-refractivity contribution in [1.29, 1.82) is 0 Å². The van der Waals surface area contributed by atoms with Gasteiger partial charge in [0.2, 0.25) is 5.78 Å². The van der Waals surface area contributed by atoms with Crippen LogP contribution in [0.15, 0.2) is 54.7 Å². The number of benzene rings is 1. The predicted molar refractivity (Wildman–Crippen MR) is 65.2 cm³/mol. The molecule has 2 aromatic rings. The molecule has 0 unspecified atom stereocenters. The zero-order chi connectivity index (χ0) is 11.4. The standard InChI is InChI=1S/C14H13NO/c1-15-11-5-8-13(15)14(16)10-9-12-6-3-2-4-7-12/h2-11H,1H3. The van der Waals surface area contributed by atoms with E-state index in [1.165, 1.54) is 0 Å². The molecule has 0 saturated carbocycles. The fourth-order valence-electron chi connectivity index (χ4n) is 1.54. The molecule has 1 heterocycles. The minimum Gasteiger partial charge on any atom is -0.348 e. The van der Waals surface area contributed by atoms with E-state index in [0.717, 1.165) is 5.56 Å². The highest BCUT2D eigenvalue weighted by Crippen LogP contribution is 2.05. The molecule has 0 saturated heterocycles. The lowest BCUT2D eigenvalue weighted by Gasteiger charge is -1.97. The number of hydrogen-bond acceptors (Lipinski definition) is 1. The van der Waals surface area contributed by atoms with Crippen LogP contribution >= 0.6 is 0 Å². The second kappa shape index (κ2) is 4.62. The molecule has 0 atom stereocenters. The Balaban J connectivity index is 2.15. The van der Waals surface area contributed by atoms with Crippen molar-refractivity contribution in [2.24, 2.45) is 7.05 Å². The van der Waals surface area contributed by atoms with E-state index in [2.05, 4.69) is 0 Å². The maximum Gasteiger partial charge on any atom is 0.202 e. The van der Waals surface area contributed by atoms with E-state index in [4.69, 9.17) is 0 Å². The normalized spacial score (nSPS) is 10.8. The van der Waals surface area contributed by atoms with E-state index < -0.39 is 0 Å². The van der Waals surface area contributed by atoms with Crippen LogP contribution in [0.5, 0.6) is 0 Å². The lowest BCUT2D eigenvalue weighted by atomic mass is 10.2. The molecule has 2 rings (SSSR count). The van der Waals surface area contributed by atoms with Gasteiger partial charge in [0.05, 0.1) is 5.69 Å². The first-order valence-electron chi connectivity index (χ1n) is 5.16. The molecule has 2 nitrogen and oxygen atoms in total. The third-order valence-corrected chi connectivity index (χ3v) is 2.42. The average Bonchev–Trinajstić information content (AvgIpc) is 2.74. The third kappa shape index (κ3) is 2.28. The molecule has 0 amide bonds. The summed E-state index contributed by atoms with van der Waals surface area (Å²) in [6.07, 6.45) is 5.30. The monoisotopic (exact) mass is 211 g/mol. The second-order valence-electron chi connectivity index (χ2n) is 3.61. The smallest absolute Gasteiger partial charge is 0.202 e. The molecular weight excluding hydrogens is 198 g/mol. The number of hydrogen-bond donors (Lipinski definition) is 0. The zero-order valence-electron chi connectivity index (χ0n) is 9.13. The Kier molecular flexibility index (Phi) is 3.01. The number of aryl methyl sites for hydroxylation is 1. The molecule has 0 aliphatic carbocycles. The van der Waals surface area contributed by atoms with Crippen LogP contribution in [0.4, 0.5) is 0 Å². The molecule has 1 aromatic carbocycles. The summed E-state index contributed by atoms with van der Waals surface area (Å²) in [6, 6.07) is 13.5. The summed E-state index contributed by atoms with van der Waals surface area (Å²) in [6.45, 7) is 0. The molecule has 0 aliphatic rings. The molecule has 16 heavy (non-hydrogen) atoms. The maximum atomic E-state index is 11.8. The van der Waals surface area contributed by atoms with Gasteiger partial charge >= 0.3 is 0 Å². The van der Waals surface area contributed by atoms with Crippen molar-refractivity contribution in [2.75, 3.05) is 0 Å². The van der Waals surface area contributed by atoms with Gasteiger partial charge in [-0.05, 0) is 23.8 Å². The number of carbonyl (C=O) groups is 1. The molecule has 0 spiro atoms. The molecule has 1 aromatic heterocycles. The minimum absolute atomic E-state index is 0.0244. The van der Waals surface area contributed by atoms with Gasteiger partial charge in [0.15, 0.2) is 0 Å².